The molecule has 2 heteroatoms. The summed E-state index contributed by atoms with van der Waals surface area (Å²) < 4.78 is 6.02. The van der Waals surface area contributed by atoms with Gasteiger partial charge in [-0.25, -0.2) is 0 Å². The standard InChI is InChI=1S/C19H35NO/c1-2-9-19(10-3-1)21-14-6-13-20-18-12-11-16-7-4-5-8-17(16)15-18/h16-20H,1-15H2. The van der Waals surface area contributed by atoms with Crippen molar-refractivity contribution in [1.29, 1.82) is 0 Å². The van der Waals surface area contributed by atoms with Crippen molar-refractivity contribution in [1.82, 2.24) is 5.32 Å². The van der Waals surface area contributed by atoms with Crippen LogP contribution in [0.1, 0.15) is 83.5 Å². The molecule has 0 heterocycles. The number of hydrogen-bond donors (Lipinski definition) is 1. The molecule has 0 saturated heterocycles. The summed E-state index contributed by atoms with van der Waals surface area (Å²) in [5.74, 6) is 2.12. The van der Waals surface area contributed by atoms with Crippen molar-refractivity contribution in [2.24, 2.45) is 11.8 Å². The molecule has 3 aliphatic carbocycles. The lowest BCUT2D eigenvalue weighted by Gasteiger charge is -2.39. The summed E-state index contributed by atoms with van der Waals surface area (Å²) in [5, 5.41) is 3.81. The van der Waals surface area contributed by atoms with Gasteiger partial charge in [-0.1, -0.05) is 44.9 Å². The molecule has 3 unspecified atom stereocenters. The Kier molecular flexibility index (Phi) is 6.42. The molecule has 0 aromatic rings. The number of fused-ring (bicyclic) bond motifs is 1. The van der Waals surface area contributed by atoms with Gasteiger partial charge in [0.15, 0.2) is 0 Å². The Bertz CT molecular complexity index is 287. The maximum Gasteiger partial charge on any atom is 0.0575 e. The number of ether oxygens (including phenoxy) is 1. The topological polar surface area (TPSA) is 21.3 Å². The summed E-state index contributed by atoms with van der Waals surface area (Å²) in [7, 11) is 0. The minimum absolute atomic E-state index is 0.580. The minimum atomic E-state index is 0.580. The molecule has 0 aromatic heterocycles. The summed E-state index contributed by atoms with van der Waals surface area (Å²) in [6, 6.07) is 0.805. The summed E-state index contributed by atoms with van der Waals surface area (Å²) in [5.41, 5.74) is 0. The predicted octanol–water partition coefficient (Wildman–Crippen LogP) is 4.67. The Morgan fingerprint density at radius 1 is 0.762 bits per heavy atom. The molecule has 0 radical (unpaired) electrons. The summed E-state index contributed by atoms with van der Waals surface area (Å²) in [6.45, 7) is 2.13. The normalized spacial score (nSPS) is 34.6. The van der Waals surface area contributed by atoms with Crippen LogP contribution in [0.3, 0.4) is 0 Å². The van der Waals surface area contributed by atoms with Gasteiger partial charge in [0.1, 0.15) is 0 Å². The molecule has 21 heavy (non-hydrogen) atoms. The van der Waals surface area contributed by atoms with E-state index in [1.54, 1.807) is 0 Å². The lowest BCUT2D eigenvalue weighted by molar-refractivity contribution is 0.0266. The smallest absolute Gasteiger partial charge is 0.0575 e. The van der Waals surface area contributed by atoms with Gasteiger partial charge in [0.25, 0.3) is 0 Å². The molecule has 122 valence electrons. The highest BCUT2D eigenvalue weighted by atomic mass is 16.5. The van der Waals surface area contributed by atoms with Gasteiger partial charge in [-0.05, 0) is 56.9 Å². The largest absolute Gasteiger partial charge is 0.378 e. The van der Waals surface area contributed by atoms with Crippen LogP contribution in [0, 0.1) is 11.8 Å². The van der Waals surface area contributed by atoms with Gasteiger partial charge in [0, 0.05) is 12.6 Å². The zero-order chi connectivity index (χ0) is 14.3. The Labute approximate surface area is 131 Å². The van der Waals surface area contributed by atoms with Gasteiger partial charge < -0.3 is 10.1 Å². The summed E-state index contributed by atoms with van der Waals surface area (Å²) in [4.78, 5) is 0. The maximum atomic E-state index is 6.02. The zero-order valence-corrected chi connectivity index (χ0v) is 13.8. The molecule has 3 rings (SSSR count). The van der Waals surface area contributed by atoms with Crippen molar-refractivity contribution >= 4 is 0 Å². The fourth-order valence-corrected chi connectivity index (χ4v) is 4.92. The molecule has 2 nitrogen and oxygen atoms in total. The van der Waals surface area contributed by atoms with Gasteiger partial charge in [-0.2, -0.15) is 0 Å². The molecular formula is C19H35NO. The minimum Gasteiger partial charge on any atom is -0.378 e. The monoisotopic (exact) mass is 293 g/mol. The molecule has 3 fully saturated rings. The predicted molar refractivity (Wildman–Crippen MR) is 88.5 cm³/mol. The number of rotatable bonds is 6. The van der Waals surface area contributed by atoms with E-state index in [0.29, 0.717) is 6.10 Å². The second kappa shape index (κ2) is 8.53. The average Bonchev–Trinajstić information content (AvgIpc) is 2.55. The molecule has 0 spiro atoms. The summed E-state index contributed by atoms with van der Waals surface area (Å²) in [6.07, 6.45) is 18.9. The SMILES string of the molecule is C1CCC(OCCCNC2CCC3CCCCC3C2)CC1. The third kappa shape index (κ3) is 4.96. The van der Waals surface area contributed by atoms with Gasteiger partial charge >= 0.3 is 0 Å². The number of nitrogens with one attached hydrogen (secondary N) is 1. The fourth-order valence-electron chi connectivity index (χ4n) is 4.92. The van der Waals surface area contributed by atoms with E-state index in [1.165, 1.54) is 83.5 Å². The molecule has 0 aromatic carbocycles. The van der Waals surface area contributed by atoms with E-state index in [4.69, 9.17) is 4.74 Å². The zero-order valence-electron chi connectivity index (χ0n) is 13.8. The Balaban J connectivity index is 1.24. The van der Waals surface area contributed by atoms with Gasteiger partial charge in [0.2, 0.25) is 0 Å². The first kappa shape index (κ1) is 15.8. The van der Waals surface area contributed by atoms with Crippen LogP contribution in [0.25, 0.3) is 0 Å². The fraction of sp³-hybridized carbons (Fsp3) is 1.00. The van der Waals surface area contributed by atoms with Gasteiger partial charge in [-0.15, -0.1) is 0 Å². The highest BCUT2D eigenvalue weighted by Gasteiger charge is 2.31. The van der Waals surface area contributed by atoms with E-state index in [9.17, 15) is 0 Å². The highest BCUT2D eigenvalue weighted by Crippen LogP contribution is 2.40. The van der Waals surface area contributed by atoms with E-state index in [0.717, 1.165) is 31.0 Å². The van der Waals surface area contributed by atoms with Crippen LogP contribution in [0.5, 0.6) is 0 Å². The molecular weight excluding hydrogens is 258 g/mol. The van der Waals surface area contributed by atoms with Crippen LogP contribution in [-0.4, -0.2) is 25.3 Å². The maximum absolute atomic E-state index is 6.02. The van der Waals surface area contributed by atoms with Crippen LogP contribution in [-0.2, 0) is 4.74 Å². The van der Waals surface area contributed by atoms with Gasteiger partial charge in [0.05, 0.1) is 6.10 Å². The van der Waals surface area contributed by atoms with E-state index in [-0.39, 0.29) is 0 Å². The van der Waals surface area contributed by atoms with Crippen LogP contribution >= 0.6 is 0 Å². The molecule has 0 aliphatic heterocycles. The van der Waals surface area contributed by atoms with Crippen molar-refractivity contribution in [3.05, 3.63) is 0 Å². The van der Waals surface area contributed by atoms with E-state index in [2.05, 4.69) is 5.32 Å². The Morgan fingerprint density at radius 2 is 1.52 bits per heavy atom. The van der Waals surface area contributed by atoms with Crippen LogP contribution in [0.4, 0.5) is 0 Å². The molecule has 3 saturated carbocycles. The molecule has 3 aliphatic rings. The first-order valence-corrected chi connectivity index (χ1v) is 9.77. The van der Waals surface area contributed by atoms with Crippen molar-refractivity contribution in [3.8, 4) is 0 Å². The van der Waals surface area contributed by atoms with Crippen LogP contribution in [0.2, 0.25) is 0 Å². The quantitative estimate of drug-likeness (QED) is 0.718. The van der Waals surface area contributed by atoms with Crippen molar-refractivity contribution in [2.75, 3.05) is 13.2 Å². The van der Waals surface area contributed by atoms with Crippen molar-refractivity contribution in [2.45, 2.75) is 95.6 Å². The van der Waals surface area contributed by atoms with E-state index in [1.807, 2.05) is 0 Å². The Hall–Kier alpha value is -0.0800. The molecule has 3 atom stereocenters. The van der Waals surface area contributed by atoms with E-state index >= 15 is 0 Å². The van der Waals surface area contributed by atoms with Crippen molar-refractivity contribution in [3.63, 3.8) is 0 Å². The third-order valence-corrected chi connectivity index (χ3v) is 6.20. The molecule has 0 amide bonds. The molecule has 1 N–H and O–H groups in total. The van der Waals surface area contributed by atoms with Crippen molar-refractivity contribution < 1.29 is 4.74 Å². The Morgan fingerprint density at radius 3 is 2.38 bits per heavy atom. The molecule has 0 bridgehead atoms. The third-order valence-electron chi connectivity index (χ3n) is 6.20. The lowest BCUT2D eigenvalue weighted by Crippen LogP contribution is -2.39. The number of hydrogen-bond acceptors (Lipinski definition) is 2. The lowest BCUT2D eigenvalue weighted by atomic mass is 9.69. The van der Waals surface area contributed by atoms with E-state index < -0.39 is 0 Å². The average molecular weight is 293 g/mol. The first-order chi connectivity index (χ1) is 10.4. The first-order valence-electron chi connectivity index (χ1n) is 9.77. The van der Waals surface area contributed by atoms with Crippen LogP contribution < -0.4 is 5.32 Å². The van der Waals surface area contributed by atoms with Crippen LogP contribution in [0.15, 0.2) is 0 Å². The van der Waals surface area contributed by atoms with Gasteiger partial charge in [-0.3, -0.25) is 0 Å². The highest BCUT2D eigenvalue weighted by molar-refractivity contribution is 4.86. The second-order valence-electron chi connectivity index (χ2n) is 7.75. The summed E-state index contributed by atoms with van der Waals surface area (Å²) >= 11 is 0. The second-order valence-corrected chi connectivity index (χ2v) is 7.75.